The molecule has 2 aliphatic carbocycles. The summed E-state index contributed by atoms with van der Waals surface area (Å²) < 4.78 is 27.5. The molecule has 2 aromatic rings. The molecule has 0 unspecified atom stereocenters. The lowest BCUT2D eigenvalue weighted by atomic mass is 10.1. The van der Waals surface area contributed by atoms with Gasteiger partial charge in [0.25, 0.3) is 0 Å². The van der Waals surface area contributed by atoms with Crippen molar-refractivity contribution in [1.29, 1.82) is 0 Å². The highest BCUT2D eigenvalue weighted by Crippen LogP contribution is 2.56. The lowest BCUT2D eigenvalue weighted by Gasteiger charge is -2.10. The van der Waals surface area contributed by atoms with Gasteiger partial charge < -0.3 is 0 Å². The molecule has 0 spiro atoms. The first kappa shape index (κ1) is 13.0. The molecular formula is C17H17NO2S. The van der Waals surface area contributed by atoms with Crippen LogP contribution in [0.15, 0.2) is 54.6 Å². The van der Waals surface area contributed by atoms with Gasteiger partial charge in [-0.1, -0.05) is 54.6 Å². The van der Waals surface area contributed by atoms with Gasteiger partial charge in [-0.2, -0.15) is 0 Å². The van der Waals surface area contributed by atoms with Crippen molar-refractivity contribution in [3.8, 4) is 0 Å². The molecule has 0 saturated heterocycles. The number of sulfonamides is 1. The Bertz CT molecular complexity index is 770. The highest BCUT2D eigenvalue weighted by atomic mass is 32.2. The molecule has 4 rings (SSSR count). The van der Waals surface area contributed by atoms with E-state index in [1.54, 1.807) is 0 Å². The molecule has 4 heteroatoms. The molecule has 3 nitrogen and oxygen atoms in total. The van der Waals surface area contributed by atoms with Gasteiger partial charge in [-0.15, -0.1) is 0 Å². The van der Waals surface area contributed by atoms with E-state index in [2.05, 4.69) is 22.9 Å². The van der Waals surface area contributed by atoms with E-state index in [-0.39, 0.29) is 11.8 Å². The predicted octanol–water partition coefficient (Wildman–Crippen LogP) is 2.44. The SMILES string of the molecule is O=S(=O)(Cc1ccccc1)N[C@@H]1[C@@H]2Cc3ccccc3[C@@H]21. The van der Waals surface area contributed by atoms with Gasteiger partial charge in [0, 0.05) is 12.0 Å². The van der Waals surface area contributed by atoms with Gasteiger partial charge in [0.1, 0.15) is 0 Å². The summed E-state index contributed by atoms with van der Waals surface area (Å²) in [4.78, 5) is 0. The molecule has 0 bridgehead atoms. The predicted molar refractivity (Wildman–Crippen MR) is 82.4 cm³/mol. The lowest BCUT2D eigenvalue weighted by molar-refractivity contribution is 0.574. The quantitative estimate of drug-likeness (QED) is 0.942. The second-order valence-corrected chi connectivity index (χ2v) is 7.73. The summed E-state index contributed by atoms with van der Waals surface area (Å²) in [5, 5.41) is 0. The fraction of sp³-hybridized carbons (Fsp3) is 0.294. The molecule has 0 heterocycles. The number of fused-ring (bicyclic) bond motifs is 3. The van der Waals surface area contributed by atoms with Gasteiger partial charge in [0.2, 0.25) is 10.0 Å². The maximum atomic E-state index is 12.3. The second-order valence-electron chi connectivity index (χ2n) is 5.98. The molecule has 2 aromatic carbocycles. The third kappa shape index (κ3) is 2.39. The standard InChI is InChI=1S/C17H17NO2S/c19-21(20,11-12-6-2-1-3-7-12)18-17-15-10-13-8-4-5-9-14(13)16(15)17/h1-9,15-18H,10-11H2/t15-,16+,17-/m1/s1. The third-order valence-electron chi connectivity index (χ3n) is 4.55. The minimum Gasteiger partial charge on any atom is -0.212 e. The molecule has 1 fully saturated rings. The van der Waals surface area contributed by atoms with Crippen LogP contribution in [0.25, 0.3) is 0 Å². The number of rotatable bonds is 4. The number of benzene rings is 2. The highest BCUT2D eigenvalue weighted by Gasteiger charge is 2.56. The van der Waals surface area contributed by atoms with Crippen molar-refractivity contribution in [2.75, 3.05) is 0 Å². The normalized spacial score (nSPS) is 26.2. The van der Waals surface area contributed by atoms with Gasteiger partial charge >= 0.3 is 0 Å². The van der Waals surface area contributed by atoms with Crippen LogP contribution in [0.5, 0.6) is 0 Å². The number of nitrogens with one attached hydrogen (secondary N) is 1. The van der Waals surface area contributed by atoms with Crippen molar-refractivity contribution in [2.24, 2.45) is 5.92 Å². The average Bonchev–Trinajstić information content (AvgIpc) is 2.96. The van der Waals surface area contributed by atoms with E-state index >= 15 is 0 Å². The van der Waals surface area contributed by atoms with Crippen LogP contribution in [0.3, 0.4) is 0 Å². The van der Waals surface area contributed by atoms with E-state index in [4.69, 9.17) is 0 Å². The molecule has 0 aromatic heterocycles. The van der Waals surface area contributed by atoms with E-state index in [1.165, 1.54) is 11.1 Å². The van der Waals surface area contributed by atoms with E-state index in [9.17, 15) is 8.42 Å². The molecular weight excluding hydrogens is 282 g/mol. The van der Waals surface area contributed by atoms with Crippen molar-refractivity contribution >= 4 is 10.0 Å². The molecule has 108 valence electrons. The topological polar surface area (TPSA) is 46.2 Å². The Kier molecular flexibility index (Phi) is 2.91. The van der Waals surface area contributed by atoms with Crippen molar-refractivity contribution in [2.45, 2.75) is 24.1 Å². The molecule has 1 N–H and O–H groups in total. The summed E-state index contributed by atoms with van der Waals surface area (Å²) in [6.07, 6.45) is 0.999. The molecule has 0 amide bonds. The fourth-order valence-corrected chi connectivity index (χ4v) is 5.01. The van der Waals surface area contributed by atoms with Gasteiger partial charge in [0.05, 0.1) is 5.75 Å². The molecule has 3 atom stereocenters. The number of hydrogen-bond acceptors (Lipinski definition) is 2. The van der Waals surface area contributed by atoms with Crippen LogP contribution < -0.4 is 4.72 Å². The molecule has 2 aliphatic rings. The van der Waals surface area contributed by atoms with Crippen LogP contribution in [0.2, 0.25) is 0 Å². The Hall–Kier alpha value is -1.65. The Balaban J connectivity index is 1.47. The smallest absolute Gasteiger partial charge is 0.212 e. The lowest BCUT2D eigenvalue weighted by Crippen LogP contribution is -2.30. The summed E-state index contributed by atoms with van der Waals surface area (Å²) in [5.74, 6) is 0.894. The zero-order valence-corrected chi connectivity index (χ0v) is 12.4. The zero-order valence-electron chi connectivity index (χ0n) is 11.6. The number of hydrogen-bond donors (Lipinski definition) is 1. The van der Waals surface area contributed by atoms with E-state index < -0.39 is 10.0 Å². The van der Waals surface area contributed by atoms with E-state index in [0.717, 1.165) is 12.0 Å². The van der Waals surface area contributed by atoms with E-state index in [0.29, 0.717) is 11.8 Å². The van der Waals surface area contributed by atoms with Gasteiger partial charge in [-0.3, -0.25) is 0 Å². The van der Waals surface area contributed by atoms with Crippen molar-refractivity contribution in [3.63, 3.8) is 0 Å². The third-order valence-corrected chi connectivity index (χ3v) is 5.90. The Morgan fingerprint density at radius 1 is 1.00 bits per heavy atom. The summed E-state index contributed by atoms with van der Waals surface area (Å²) in [6.45, 7) is 0. The van der Waals surface area contributed by atoms with Crippen molar-refractivity contribution in [1.82, 2.24) is 4.72 Å². The first-order valence-electron chi connectivity index (χ1n) is 7.26. The van der Waals surface area contributed by atoms with Crippen LogP contribution >= 0.6 is 0 Å². The maximum absolute atomic E-state index is 12.3. The van der Waals surface area contributed by atoms with E-state index in [1.807, 2.05) is 36.4 Å². The van der Waals surface area contributed by atoms with Crippen LogP contribution in [-0.2, 0) is 22.2 Å². The highest BCUT2D eigenvalue weighted by molar-refractivity contribution is 7.88. The van der Waals surface area contributed by atoms with Gasteiger partial charge in [-0.05, 0) is 29.0 Å². The minimum absolute atomic E-state index is 0.0609. The maximum Gasteiger partial charge on any atom is 0.216 e. The Morgan fingerprint density at radius 2 is 1.71 bits per heavy atom. The summed E-state index contributed by atoms with van der Waals surface area (Å²) in [7, 11) is -3.27. The molecule has 1 saturated carbocycles. The van der Waals surface area contributed by atoms with Crippen molar-refractivity contribution < 1.29 is 8.42 Å². The first-order chi connectivity index (χ1) is 10.1. The molecule has 0 aliphatic heterocycles. The fourth-order valence-electron chi connectivity index (χ4n) is 3.55. The second kappa shape index (κ2) is 4.68. The van der Waals surface area contributed by atoms with Crippen LogP contribution in [0.1, 0.15) is 22.6 Å². The summed E-state index contributed by atoms with van der Waals surface area (Å²) >= 11 is 0. The summed E-state index contributed by atoms with van der Waals surface area (Å²) in [6, 6.07) is 17.8. The molecule has 21 heavy (non-hydrogen) atoms. The Morgan fingerprint density at radius 3 is 2.52 bits per heavy atom. The summed E-state index contributed by atoms with van der Waals surface area (Å²) in [5.41, 5.74) is 3.54. The molecule has 0 radical (unpaired) electrons. The monoisotopic (exact) mass is 299 g/mol. The zero-order chi connectivity index (χ0) is 14.4. The van der Waals surface area contributed by atoms with Gasteiger partial charge in [-0.25, -0.2) is 13.1 Å². The first-order valence-corrected chi connectivity index (χ1v) is 8.91. The largest absolute Gasteiger partial charge is 0.216 e. The van der Waals surface area contributed by atoms with Crippen LogP contribution in [0.4, 0.5) is 0 Å². The van der Waals surface area contributed by atoms with Crippen LogP contribution in [-0.4, -0.2) is 14.5 Å². The van der Waals surface area contributed by atoms with Gasteiger partial charge in [0.15, 0.2) is 0 Å². The van der Waals surface area contributed by atoms with Crippen molar-refractivity contribution in [3.05, 3.63) is 71.3 Å². The average molecular weight is 299 g/mol. The Labute approximate surface area is 125 Å². The van der Waals surface area contributed by atoms with Crippen LogP contribution in [0, 0.1) is 5.92 Å². The minimum atomic E-state index is -3.27.